The summed E-state index contributed by atoms with van der Waals surface area (Å²) in [7, 11) is 0. The van der Waals surface area contributed by atoms with Crippen LogP contribution in [0.25, 0.3) is 0 Å². The molecule has 114 valence electrons. The van der Waals surface area contributed by atoms with E-state index in [2.05, 4.69) is 15.8 Å². The molecule has 0 unspecified atom stereocenters. The molecule has 5 heteroatoms. The van der Waals surface area contributed by atoms with Crippen molar-refractivity contribution < 1.29 is 9.59 Å². The van der Waals surface area contributed by atoms with Crippen LogP contribution in [0.4, 0.5) is 0 Å². The van der Waals surface area contributed by atoms with Crippen molar-refractivity contribution in [1.82, 2.24) is 10.7 Å². The van der Waals surface area contributed by atoms with Gasteiger partial charge in [0.15, 0.2) is 0 Å². The number of amides is 2. The van der Waals surface area contributed by atoms with Crippen molar-refractivity contribution in [2.45, 2.75) is 33.6 Å². The summed E-state index contributed by atoms with van der Waals surface area (Å²) >= 11 is 0. The van der Waals surface area contributed by atoms with E-state index in [0.29, 0.717) is 12.5 Å². The monoisotopic (exact) mass is 289 g/mol. The van der Waals surface area contributed by atoms with Gasteiger partial charge < -0.3 is 5.32 Å². The molecule has 1 rings (SSSR count). The van der Waals surface area contributed by atoms with Gasteiger partial charge in [0, 0.05) is 12.3 Å². The van der Waals surface area contributed by atoms with E-state index in [-0.39, 0.29) is 0 Å². The summed E-state index contributed by atoms with van der Waals surface area (Å²) < 4.78 is 0. The molecule has 21 heavy (non-hydrogen) atoms. The normalized spacial score (nSPS) is 11.3. The fourth-order valence-corrected chi connectivity index (χ4v) is 1.60. The molecule has 1 aromatic carbocycles. The molecule has 1 aromatic rings. The molecule has 0 spiro atoms. The number of benzene rings is 1. The molecule has 0 atom stereocenters. The first-order valence-electron chi connectivity index (χ1n) is 7.14. The van der Waals surface area contributed by atoms with Crippen LogP contribution in [-0.2, 0) is 16.0 Å². The zero-order chi connectivity index (χ0) is 15.7. The third kappa shape index (κ3) is 7.25. The van der Waals surface area contributed by atoms with Gasteiger partial charge in [0.1, 0.15) is 0 Å². The summed E-state index contributed by atoms with van der Waals surface area (Å²) in [6.45, 7) is 6.23. The molecule has 0 aromatic heterocycles. The maximum atomic E-state index is 11.5. The second-order valence-electron chi connectivity index (χ2n) is 5.38. The van der Waals surface area contributed by atoms with Crippen molar-refractivity contribution in [3.63, 3.8) is 0 Å². The Hall–Kier alpha value is -2.17. The number of nitrogens with zero attached hydrogens (tertiary/aromatic N) is 1. The summed E-state index contributed by atoms with van der Waals surface area (Å²) in [6, 6.07) is 10.0. The maximum absolute atomic E-state index is 11.5. The minimum Gasteiger partial charge on any atom is -0.348 e. The largest absolute Gasteiger partial charge is 0.348 e. The Morgan fingerprint density at radius 3 is 2.43 bits per heavy atom. The Bertz CT molecular complexity index is 496. The molecule has 5 nitrogen and oxygen atoms in total. The van der Waals surface area contributed by atoms with Gasteiger partial charge in [-0.05, 0) is 31.2 Å². The van der Waals surface area contributed by atoms with Gasteiger partial charge in [-0.25, -0.2) is 5.43 Å². The van der Waals surface area contributed by atoms with Gasteiger partial charge in [0.25, 0.3) is 0 Å². The average Bonchev–Trinajstić information content (AvgIpc) is 2.49. The highest BCUT2D eigenvalue weighted by molar-refractivity contribution is 6.35. The molecule has 0 heterocycles. The minimum absolute atomic E-state index is 0.304. The fraction of sp³-hybridized carbons (Fsp3) is 0.438. The van der Waals surface area contributed by atoms with Crippen LogP contribution in [0.3, 0.4) is 0 Å². The van der Waals surface area contributed by atoms with Crippen LogP contribution in [0.5, 0.6) is 0 Å². The summed E-state index contributed by atoms with van der Waals surface area (Å²) in [4.78, 5) is 23.0. The first-order chi connectivity index (χ1) is 9.99. The Labute approximate surface area is 125 Å². The zero-order valence-corrected chi connectivity index (χ0v) is 12.8. The van der Waals surface area contributed by atoms with E-state index in [1.165, 1.54) is 5.56 Å². The van der Waals surface area contributed by atoms with Crippen molar-refractivity contribution in [2.75, 3.05) is 6.54 Å². The van der Waals surface area contributed by atoms with Crippen LogP contribution in [0.2, 0.25) is 0 Å². The van der Waals surface area contributed by atoms with E-state index in [0.717, 1.165) is 18.6 Å². The van der Waals surface area contributed by atoms with Gasteiger partial charge in [0.2, 0.25) is 0 Å². The Kier molecular flexibility index (Phi) is 7.15. The van der Waals surface area contributed by atoms with Gasteiger partial charge >= 0.3 is 11.8 Å². The highest BCUT2D eigenvalue weighted by atomic mass is 16.2. The number of rotatable bonds is 6. The van der Waals surface area contributed by atoms with Gasteiger partial charge in [-0.1, -0.05) is 44.2 Å². The molecule has 2 N–H and O–H groups in total. The van der Waals surface area contributed by atoms with Crippen LogP contribution in [0.15, 0.2) is 35.4 Å². The maximum Gasteiger partial charge on any atom is 0.329 e. The summed E-state index contributed by atoms with van der Waals surface area (Å²) in [5.74, 6) is -1.07. The van der Waals surface area contributed by atoms with Crippen LogP contribution < -0.4 is 10.7 Å². The van der Waals surface area contributed by atoms with Crippen LogP contribution in [0.1, 0.15) is 32.8 Å². The molecule has 0 aliphatic rings. The van der Waals surface area contributed by atoms with Crippen LogP contribution in [0, 0.1) is 5.92 Å². The van der Waals surface area contributed by atoms with E-state index in [1.807, 2.05) is 51.1 Å². The highest BCUT2D eigenvalue weighted by Gasteiger charge is 2.12. The zero-order valence-electron chi connectivity index (χ0n) is 12.8. The van der Waals surface area contributed by atoms with E-state index in [4.69, 9.17) is 0 Å². The first-order valence-corrected chi connectivity index (χ1v) is 7.14. The Balaban J connectivity index is 2.34. The number of hydrogen-bond acceptors (Lipinski definition) is 3. The van der Waals surface area contributed by atoms with Crippen molar-refractivity contribution >= 4 is 17.5 Å². The van der Waals surface area contributed by atoms with E-state index in [9.17, 15) is 9.59 Å². The molecule has 0 aliphatic carbocycles. The SMILES string of the molecule is C/C(CCc1ccccc1)=N/NC(=O)C(=O)NCC(C)C. The second kappa shape index (κ2) is 8.89. The minimum atomic E-state index is -0.727. The number of hydrazone groups is 1. The molecule has 2 amide bonds. The van der Waals surface area contributed by atoms with E-state index >= 15 is 0 Å². The molecule has 0 radical (unpaired) electrons. The predicted molar refractivity (Wildman–Crippen MR) is 83.9 cm³/mol. The quantitative estimate of drug-likeness (QED) is 0.477. The molecular weight excluding hydrogens is 266 g/mol. The predicted octanol–water partition coefficient (Wildman–Crippen LogP) is 1.88. The molecule has 0 bridgehead atoms. The first kappa shape index (κ1) is 16.9. The fourth-order valence-electron chi connectivity index (χ4n) is 1.60. The Morgan fingerprint density at radius 2 is 1.81 bits per heavy atom. The molecule has 0 fully saturated rings. The third-order valence-electron chi connectivity index (χ3n) is 2.84. The smallest absolute Gasteiger partial charge is 0.329 e. The number of carbonyl (C=O) groups excluding carboxylic acids is 2. The lowest BCUT2D eigenvalue weighted by molar-refractivity contribution is -0.139. The van der Waals surface area contributed by atoms with Crippen molar-refractivity contribution in [1.29, 1.82) is 0 Å². The van der Waals surface area contributed by atoms with E-state index < -0.39 is 11.8 Å². The van der Waals surface area contributed by atoms with Gasteiger partial charge in [-0.2, -0.15) is 5.10 Å². The van der Waals surface area contributed by atoms with Crippen molar-refractivity contribution in [3.8, 4) is 0 Å². The lowest BCUT2D eigenvalue weighted by Gasteiger charge is -2.06. The van der Waals surface area contributed by atoms with Crippen LogP contribution in [-0.4, -0.2) is 24.1 Å². The van der Waals surface area contributed by atoms with Gasteiger partial charge in [-0.3, -0.25) is 9.59 Å². The van der Waals surface area contributed by atoms with Gasteiger partial charge in [0.05, 0.1) is 0 Å². The van der Waals surface area contributed by atoms with Crippen molar-refractivity contribution in [3.05, 3.63) is 35.9 Å². The third-order valence-corrected chi connectivity index (χ3v) is 2.84. The number of aryl methyl sites for hydroxylation is 1. The highest BCUT2D eigenvalue weighted by Crippen LogP contribution is 2.02. The van der Waals surface area contributed by atoms with Gasteiger partial charge in [-0.15, -0.1) is 0 Å². The number of carbonyl (C=O) groups is 2. The summed E-state index contributed by atoms with van der Waals surface area (Å²) in [5.41, 5.74) is 4.28. The molecule has 0 aliphatic heterocycles. The second-order valence-corrected chi connectivity index (χ2v) is 5.38. The average molecular weight is 289 g/mol. The lowest BCUT2D eigenvalue weighted by atomic mass is 10.1. The standard InChI is InChI=1S/C16H23N3O2/c1-12(2)11-17-15(20)16(21)19-18-13(3)9-10-14-7-5-4-6-8-14/h4-8,12H,9-11H2,1-3H3,(H,17,20)(H,19,21)/b18-13-. The molecule has 0 saturated heterocycles. The summed E-state index contributed by atoms with van der Waals surface area (Å²) in [6.07, 6.45) is 1.59. The number of hydrogen-bond donors (Lipinski definition) is 2. The summed E-state index contributed by atoms with van der Waals surface area (Å²) in [5, 5.41) is 6.49. The molecular formula is C16H23N3O2. The molecule has 0 saturated carbocycles. The lowest BCUT2D eigenvalue weighted by Crippen LogP contribution is -2.39. The topological polar surface area (TPSA) is 70.6 Å². The number of nitrogens with one attached hydrogen (secondary N) is 2. The van der Waals surface area contributed by atoms with Crippen LogP contribution >= 0.6 is 0 Å². The van der Waals surface area contributed by atoms with Crippen molar-refractivity contribution in [2.24, 2.45) is 11.0 Å². The van der Waals surface area contributed by atoms with E-state index in [1.54, 1.807) is 0 Å². The Morgan fingerprint density at radius 1 is 1.14 bits per heavy atom.